The van der Waals surface area contributed by atoms with Crippen LogP contribution in [0.15, 0.2) is 41.1 Å². The summed E-state index contributed by atoms with van der Waals surface area (Å²) in [5.41, 5.74) is 4.44. The Morgan fingerprint density at radius 2 is 1.96 bits per heavy atom. The summed E-state index contributed by atoms with van der Waals surface area (Å²) < 4.78 is 5.15. The maximum Gasteiger partial charge on any atom is 0.257 e. The summed E-state index contributed by atoms with van der Waals surface area (Å²) in [6, 6.07) is 10.7. The third-order valence-electron chi connectivity index (χ3n) is 5.43. The first kappa shape index (κ1) is 17.7. The lowest BCUT2D eigenvalue weighted by atomic mass is 9.86. The molecule has 27 heavy (non-hydrogen) atoms. The largest absolute Gasteiger partial charge is 0.336 e. The number of aryl methyl sites for hydroxylation is 1. The lowest BCUT2D eigenvalue weighted by molar-refractivity contribution is 0.0735. The molecule has 5 heteroatoms. The van der Waals surface area contributed by atoms with Gasteiger partial charge in [-0.25, -0.2) is 4.98 Å². The molecular formula is C22H25N3O2. The Morgan fingerprint density at radius 3 is 2.67 bits per heavy atom. The van der Waals surface area contributed by atoms with E-state index in [4.69, 9.17) is 4.52 Å². The van der Waals surface area contributed by atoms with Crippen LogP contribution in [0, 0.1) is 6.92 Å². The van der Waals surface area contributed by atoms with Crippen molar-refractivity contribution in [2.45, 2.75) is 52.0 Å². The molecule has 140 valence electrons. The summed E-state index contributed by atoms with van der Waals surface area (Å²) in [4.78, 5) is 19.4. The third kappa shape index (κ3) is 3.22. The van der Waals surface area contributed by atoms with Crippen molar-refractivity contribution in [2.24, 2.45) is 0 Å². The molecule has 0 N–H and O–H groups in total. The van der Waals surface area contributed by atoms with Crippen LogP contribution in [-0.2, 0) is 5.41 Å². The van der Waals surface area contributed by atoms with Gasteiger partial charge in [-0.3, -0.25) is 4.79 Å². The molecule has 0 radical (unpaired) electrons. The number of carbonyl (C=O) groups is 1. The van der Waals surface area contributed by atoms with Crippen LogP contribution in [0.2, 0.25) is 0 Å². The fourth-order valence-electron chi connectivity index (χ4n) is 3.79. The second kappa shape index (κ2) is 6.48. The average molecular weight is 363 g/mol. The van der Waals surface area contributed by atoms with Crippen LogP contribution >= 0.6 is 0 Å². The molecular weight excluding hydrogens is 338 g/mol. The van der Waals surface area contributed by atoms with E-state index in [1.807, 2.05) is 17.9 Å². The van der Waals surface area contributed by atoms with E-state index >= 15 is 0 Å². The van der Waals surface area contributed by atoms with E-state index in [0.29, 0.717) is 11.3 Å². The lowest BCUT2D eigenvalue weighted by Crippen LogP contribution is -2.30. The number of likely N-dealkylation sites (tertiary alicyclic amines) is 1. The van der Waals surface area contributed by atoms with Crippen LogP contribution in [0.1, 0.15) is 66.8 Å². The SMILES string of the molecule is Cc1noc2ncc(C(=O)N3CCC[C@@H]3c3ccc(C(C)(C)C)cc3)cc12. The zero-order valence-corrected chi connectivity index (χ0v) is 16.3. The number of carbonyl (C=O) groups excluding carboxylic acids is 1. The molecule has 1 fully saturated rings. The van der Waals surface area contributed by atoms with Crippen LogP contribution in [0.25, 0.3) is 11.1 Å². The van der Waals surface area contributed by atoms with Crippen LogP contribution < -0.4 is 0 Å². The van der Waals surface area contributed by atoms with Gasteiger partial charge in [0.1, 0.15) is 0 Å². The Morgan fingerprint density at radius 1 is 1.22 bits per heavy atom. The summed E-state index contributed by atoms with van der Waals surface area (Å²) >= 11 is 0. The van der Waals surface area contributed by atoms with Crippen molar-refractivity contribution in [3.05, 3.63) is 58.9 Å². The molecule has 1 saturated heterocycles. The van der Waals surface area contributed by atoms with E-state index in [1.165, 1.54) is 11.1 Å². The fourth-order valence-corrected chi connectivity index (χ4v) is 3.79. The molecule has 5 nitrogen and oxygen atoms in total. The number of hydrogen-bond acceptors (Lipinski definition) is 4. The highest BCUT2D eigenvalue weighted by atomic mass is 16.5. The Labute approximate surface area is 159 Å². The molecule has 1 atom stereocenters. The Hall–Kier alpha value is -2.69. The molecule has 1 aliphatic heterocycles. The number of pyridine rings is 1. The van der Waals surface area contributed by atoms with E-state index in [2.05, 4.69) is 55.2 Å². The zero-order chi connectivity index (χ0) is 19.2. The van der Waals surface area contributed by atoms with Crippen molar-refractivity contribution < 1.29 is 9.32 Å². The molecule has 3 heterocycles. The minimum atomic E-state index is 0.0207. The van der Waals surface area contributed by atoms with Gasteiger partial charge in [-0.1, -0.05) is 50.2 Å². The van der Waals surface area contributed by atoms with Crippen molar-refractivity contribution in [2.75, 3.05) is 6.54 Å². The standard InChI is InChI=1S/C22H25N3O2/c1-14-18-12-16(13-23-20(18)27-24-14)21(26)25-11-5-6-19(25)15-7-9-17(10-8-15)22(2,3)4/h7-10,12-13,19H,5-6,11H2,1-4H3/t19-/m1/s1. The van der Waals surface area contributed by atoms with Crippen LogP contribution in [0.4, 0.5) is 0 Å². The predicted octanol–water partition coefficient (Wildman–Crippen LogP) is 4.81. The molecule has 1 amide bonds. The van der Waals surface area contributed by atoms with Crippen LogP contribution in [-0.4, -0.2) is 27.5 Å². The highest BCUT2D eigenvalue weighted by Gasteiger charge is 2.31. The lowest BCUT2D eigenvalue weighted by Gasteiger charge is -2.26. The molecule has 2 aromatic heterocycles. The van der Waals surface area contributed by atoms with Gasteiger partial charge in [0.05, 0.1) is 22.7 Å². The first-order valence-electron chi connectivity index (χ1n) is 9.48. The molecule has 0 unspecified atom stereocenters. The monoisotopic (exact) mass is 363 g/mol. The Balaban J connectivity index is 1.62. The number of nitrogens with zero attached hydrogens (tertiary/aromatic N) is 3. The fraction of sp³-hybridized carbons (Fsp3) is 0.409. The highest BCUT2D eigenvalue weighted by Crippen LogP contribution is 2.34. The van der Waals surface area contributed by atoms with Crippen molar-refractivity contribution in [1.82, 2.24) is 15.0 Å². The molecule has 0 bridgehead atoms. The molecule has 4 rings (SSSR count). The second-order valence-corrected chi connectivity index (χ2v) is 8.37. The first-order valence-corrected chi connectivity index (χ1v) is 9.48. The van der Waals surface area contributed by atoms with Crippen molar-refractivity contribution >= 4 is 17.0 Å². The normalized spacial score (nSPS) is 17.6. The molecule has 1 aromatic carbocycles. The van der Waals surface area contributed by atoms with Gasteiger partial charge in [0.15, 0.2) is 0 Å². The Kier molecular flexibility index (Phi) is 4.25. The smallest absolute Gasteiger partial charge is 0.257 e. The van der Waals surface area contributed by atoms with Gasteiger partial charge >= 0.3 is 0 Å². The predicted molar refractivity (Wildman–Crippen MR) is 105 cm³/mol. The maximum absolute atomic E-state index is 13.2. The van der Waals surface area contributed by atoms with Gasteiger partial charge in [-0.15, -0.1) is 0 Å². The van der Waals surface area contributed by atoms with Gasteiger partial charge in [0.2, 0.25) is 0 Å². The number of aromatic nitrogens is 2. The maximum atomic E-state index is 13.2. The number of benzene rings is 1. The summed E-state index contributed by atoms with van der Waals surface area (Å²) in [5.74, 6) is 0.0207. The van der Waals surface area contributed by atoms with Gasteiger partial charge in [0, 0.05) is 12.7 Å². The average Bonchev–Trinajstić information content (AvgIpc) is 3.27. The van der Waals surface area contributed by atoms with Crippen LogP contribution in [0.5, 0.6) is 0 Å². The number of hydrogen-bond donors (Lipinski definition) is 0. The molecule has 0 spiro atoms. The van der Waals surface area contributed by atoms with Crippen molar-refractivity contribution in [3.8, 4) is 0 Å². The number of rotatable bonds is 2. The zero-order valence-electron chi connectivity index (χ0n) is 16.3. The van der Waals surface area contributed by atoms with E-state index in [9.17, 15) is 4.79 Å². The first-order chi connectivity index (χ1) is 12.8. The summed E-state index contributed by atoms with van der Waals surface area (Å²) in [6.45, 7) is 9.26. The van der Waals surface area contributed by atoms with E-state index < -0.39 is 0 Å². The van der Waals surface area contributed by atoms with Gasteiger partial charge in [-0.2, -0.15) is 0 Å². The summed E-state index contributed by atoms with van der Waals surface area (Å²) in [6.07, 6.45) is 3.59. The second-order valence-electron chi connectivity index (χ2n) is 8.37. The van der Waals surface area contributed by atoms with Crippen LogP contribution in [0.3, 0.4) is 0 Å². The minimum absolute atomic E-state index is 0.0207. The highest BCUT2D eigenvalue weighted by molar-refractivity contribution is 5.97. The number of fused-ring (bicyclic) bond motifs is 1. The third-order valence-corrected chi connectivity index (χ3v) is 5.43. The minimum Gasteiger partial charge on any atom is -0.336 e. The van der Waals surface area contributed by atoms with E-state index in [0.717, 1.165) is 30.5 Å². The summed E-state index contributed by atoms with van der Waals surface area (Å²) in [7, 11) is 0. The summed E-state index contributed by atoms with van der Waals surface area (Å²) in [5, 5.41) is 4.72. The van der Waals surface area contributed by atoms with Crippen molar-refractivity contribution in [3.63, 3.8) is 0 Å². The quantitative estimate of drug-likeness (QED) is 0.656. The molecule has 1 aliphatic rings. The van der Waals surface area contributed by atoms with Gasteiger partial charge in [-0.05, 0) is 42.4 Å². The molecule has 3 aromatic rings. The number of amides is 1. The molecule has 0 aliphatic carbocycles. The van der Waals surface area contributed by atoms with Gasteiger partial charge in [0.25, 0.3) is 11.6 Å². The van der Waals surface area contributed by atoms with Crippen molar-refractivity contribution in [1.29, 1.82) is 0 Å². The van der Waals surface area contributed by atoms with Gasteiger partial charge < -0.3 is 9.42 Å². The topological polar surface area (TPSA) is 59.2 Å². The Bertz CT molecular complexity index is 983. The molecule has 0 saturated carbocycles. The van der Waals surface area contributed by atoms with E-state index in [-0.39, 0.29) is 17.4 Å². The van der Waals surface area contributed by atoms with E-state index in [1.54, 1.807) is 6.20 Å².